The van der Waals surface area contributed by atoms with Gasteiger partial charge in [0.2, 0.25) is 5.91 Å². The van der Waals surface area contributed by atoms with Crippen molar-refractivity contribution in [2.24, 2.45) is 0 Å². The largest absolute Gasteiger partial charge is 0.369 e. The number of hydrogen-bond acceptors (Lipinski definition) is 3. The molecule has 2 aliphatic rings. The molecule has 0 bridgehead atoms. The van der Waals surface area contributed by atoms with Crippen molar-refractivity contribution in [3.8, 4) is 0 Å². The molecular formula is C6H9N3O. The van der Waals surface area contributed by atoms with Crippen molar-refractivity contribution in [1.29, 1.82) is 0 Å². The van der Waals surface area contributed by atoms with Gasteiger partial charge in [-0.15, -0.1) is 0 Å². The predicted octanol–water partition coefficient (Wildman–Crippen LogP) is -0.486. The van der Waals surface area contributed by atoms with Crippen molar-refractivity contribution >= 4 is 5.91 Å². The lowest BCUT2D eigenvalue weighted by Crippen LogP contribution is -2.51. The van der Waals surface area contributed by atoms with Crippen LogP contribution in [0.2, 0.25) is 0 Å². The van der Waals surface area contributed by atoms with Gasteiger partial charge in [0.25, 0.3) is 0 Å². The maximum atomic E-state index is 10.8. The highest BCUT2D eigenvalue weighted by Gasteiger charge is 2.25. The lowest BCUT2D eigenvalue weighted by molar-refractivity contribution is -0.128. The molecule has 1 fully saturated rings. The van der Waals surface area contributed by atoms with Gasteiger partial charge >= 0.3 is 0 Å². The van der Waals surface area contributed by atoms with Gasteiger partial charge in [-0.3, -0.25) is 15.2 Å². The van der Waals surface area contributed by atoms with Gasteiger partial charge in [0, 0.05) is 18.8 Å². The second kappa shape index (κ2) is 1.90. The zero-order valence-corrected chi connectivity index (χ0v) is 5.50. The molecule has 0 saturated carbocycles. The second-order valence-electron chi connectivity index (χ2n) is 2.48. The van der Waals surface area contributed by atoms with Crippen LogP contribution in [0.5, 0.6) is 0 Å². The quantitative estimate of drug-likeness (QED) is 0.476. The molecule has 2 aliphatic heterocycles. The maximum Gasteiger partial charge on any atom is 0.238 e. The van der Waals surface area contributed by atoms with E-state index >= 15 is 0 Å². The molecule has 54 valence electrons. The number of carbonyl (C=O) groups is 1. The molecule has 0 spiro atoms. The van der Waals surface area contributed by atoms with Gasteiger partial charge < -0.3 is 5.32 Å². The van der Waals surface area contributed by atoms with Gasteiger partial charge in [-0.1, -0.05) is 0 Å². The van der Waals surface area contributed by atoms with E-state index in [2.05, 4.69) is 10.7 Å². The van der Waals surface area contributed by atoms with E-state index in [0.717, 1.165) is 6.42 Å². The average molecular weight is 139 g/mol. The van der Waals surface area contributed by atoms with Crippen molar-refractivity contribution in [1.82, 2.24) is 15.8 Å². The monoisotopic (exact) mass is 139 g/mol. The summed E-state index contributed by atoms with van der Waals surface area (Å²) in [4.78, 5) is 10.8. The minimum absolute atomic E-state index is 0.101. The van der Waals surface area contributed by atoms with Crippen LogP contribution in [0.4, 0.5) is 0 Å². The molecular weight excluding hydrogens is 130 g/mol. The summed E-state index contributed by atoms with van der Waals surface area (Å²) in [5.74, 6) is 0.101. The van der Waals surface area contributed by atoms with E-state index < -0.39 is 0 Å². The molecule has 0 aromatic carbocycles. The summed E-state index contributed by atoms with van der Waals surface area (Å²) in [6.45, 7) is 0. The summed E-state index contributed by atoms with van der Waals surface area (Å²) in [6, 6.07) is 0. The highest BCUT2D eigenvalue weighted by molar-refractivity contribution is 5.76. The van der Waals surface area contributed by atoms with Gasteiger partial charge in [-0.25, -0.2) is 0 Å². The molecule has 2 heterocycles. The summed E-state index contributed by atoms with van der Waals surface area (Å²) >= 11 is 0. The molecule has 4 heteroatoms. The number of hydrazine groups is 1. The van der Waals surface area contributed by atoms with Crippen LogP contribution in [0.3, 0.4) is 0 Å². The van der Waals surface area contributed by atoms with Gasteiger partial charge in [0.15, 0.2) is 0 Å². The van der Waals surface area contributed by atoms with E-state index in [-0.39, 0.29) is 12.1 Å². The molecule has 0 aliphatic carbocycles. The average Bonchev–Trinajstić information content (AvgIpc) is 2.33. The van der Waals surface area contributed by atoms with Crippen LogP contribution < -0.4 is 10.7 Å². The molecule has 1 amide bonds. The topological polar surface area (TPSA) is 44.4 Å². The Morgan fingerprint density at radius 2 is 2.60 bits per heavy atom. The van der Waals surface area contributed by atoms with E-state index in [0.29, 0.717) is 6.42 Å². The van der Waals surface area contributed by atoms with E-state index in [1.165, 1.54) is 0 Å². The Morgan fingerprint density at radius 1 is 1.70 bits per heavy atom. The third-order valence-electron chi connectivity index (χ3n) is 1.76. The number of hydrogen-bond donors (Lipinski definition) is 2. The summed E-state index contributed by atoms with van der Waals surface area (Å²) < 4.78 is 0. The van der Waals surface area contributed by atoms with Gasteiger partial charge in [0.05, 0.1) is 0 Å². The number of nitrogens with zero attached hydrogens (tertiary/aromatic N) is 1. The molecule has 0 radical (unpaired) electrons. The van der Waals surface area contributed by atoms with Gasteiger partial charge in [-0.2, -0.15) is 0 Å². The zero-order valence-electron chi connectivity index (χ0n) is 5.50. The van der Waals surface area contributed by atoms with Crippen LogP contribution in [0.1, 0.15) is 12.8 Å². The Balaban J connectivity index is 2.08. The highest BCUT2D eigenvalue weighted by atomic mass is 16.2. The fourth-order valence-electron chi connectivity index (χ4n) is 1.22. The van der Waals surface area contributed by atoms with E-state index in [1.807, 2.05) is 12.4 Å². The Hall–Kier alpha value is -1.19. The van der Waals surface area contributed by atoms with Crippen LogP contribution in [0.15, 0.2) is 12.4 Å². The van der Waals surface area contributed by atoms with E-state index in [1.54, 1.807) is 5.01 Å². The van der Waals surface area contributed by atoms with Crippen molar-refractivity contribution in [2.45, 2.75) is 19.0 Å². The highest BCUT2D eigenvalue weighted by Crippen LogP contribution is 2.12. The Kier molecular flexibility index (Phi) is 1.06. The normalized spacial score (nSPS) is 29.4. The lowest BCUT2D eigenvalue weighted by atomic mass is 10.2. The first-order valence-corrected chi connectivity index (χ1v) is 3.37. The smallest absolute Gasteiger partial charge is 0.238 e. The van der Waals surface area contributed by atoms with E-state index in [9.17, 15) is 4.79 Å². The maximum absolute atomic E-state index is 10.8. The first-order valence-electron chi connectivity index (χ1n) is 3.37. The zero-order chi connectivity index (χ0) is 6.97. The molecule has 1 saturated heterocycles. The minimum atomic E-state index is 0.101. The molecule has 0 aromatic heterocycles. The molecule has 0 aromatic rings. The molecule has 10 heavy (non-hydrogen) atoms. The second-order valence-corrected chi connectivity index (χ2v) is 2.48. The third-order valence-corrected chi connectivity index (χ3v) is 1.76. The van der Waals surface area contributed by atoms with Crippen LogP contribution in [-0.4, -0.2) is 17.1 Å². The summed E-state index contributed by atoms with van der Waals surface area (Å²) in [5.41, 5.74) is 2.72. The SMILES string of the molecule is O=C1CCC2NC=CN2N1. The predicted molar refractivity (Wildman–Crippen MR) is 35.3 cm³/mol. The first kappa shape index (κ1) is 5.58. The number of nitrogens with one attached hydrogen (secondary N) is 2. The fourth-order valence-corrected chi connectivity index (χ4v) is 1.22. The van der Waals surface area contributed by atoms with Gasteiger partial charge in [-0.05, 0) is 6.42 Å². The standard InChI is InChI=1S/C6H9N3O/c10-6-2-1-5-7-3-4-9(5)8-6/h3-5,7H,1-2H2,(H,8,10). The molecule has 4 nitrogen and oxygen atoms in total. The lowest BCUT2D eigenvalue weighted by Gasteiger charge is -2.29. The molecule has 2 rings (SSSR count). The summed E-state index contributed by atoms with van der Waals surface area (Å²) in [5, 5.41) is 4.91. The van der Waals surface area contributed by atoms with Crippen LogP contribution >= 0.6 is 0 Å². The summed E-state index contributed by atoms with van der Waals surface area (Å²) in [6.07, 6.45) is 5.48. The summed E-state index contributed by atoms with van der Waals surface area (Å²) in [7, 11) is 0. The fraction of sp³-hybridized carbons (Fsp3) is 0.500. The third kappa shape index (κ3) is 0.725. The van der Waals surface area contributed by atoms with Crippen LogP contribution in [0.25, 0.3) is 0 Å². The van der Waals surface area contributed by atoms with Crippen LogP contribution in [0, 0.1) is 0 Å². The van der Waals surface area contributed by atoms with Crippen molar-refractivity contribution in [3.05, 3.63) is 12.4 Å². The number of amides is 1. The number of rotatable bonds is 0. The van der Waals surface area contributed by atoms with Gasteiger partial charge in [0.1, 0.15) is 6.17 Å². The number of fused-ring (bicyclic) bond motifs is 1. The molecule has 2 N–H and O–H groups in total. The van der Waals surface area contributed by atoms with Crippen molar-refractivity contribution < 1.29 is 4.79 Å². The van der Waals surface area contributed by atoms with Crippen molar-refractivity contribution in [2.75, 3.05) is 0 Å². The minimum Gasteiger partial charge on any atom is -0.369 e. The van der Waals surface area contributed by atoms with Crippen LogP contribution in [-0.2, 0) is 4.79 Å². The Bertz CT molecular complexity index is 189. The van der Waals surface area contributed by atoms with Crippen molar-refractivity contribution in [3.63, 3.8) is 0 Å². The Morgan fingerprint density at radius 3 is 3.50 bits per heavy atom. The molecule has 1 unspecified atom stereocenters. The van der Waals surface area contributed by atoms with E-state index in [4.69, 9.17) is 0 Å². The molecule has 1 atom stereocenters. The first-order chi connectivity index (χ1) is 4.86. The number of carbonyl (C=O) groups excluding carboxylic acids is 1. The Labute approximate surface area is 58.9 Å².